The number of rotatable bonds is 5. The molecule has 1 aliphatic rings. The van der Waals surface area contributed by atoms with Crippen LogP contribution in [0.15, 0.2) is 36.4 Å². The fourth-order valence-corrected chi connectivity index (χ4v) is 2.80. The number of anilines is 1. The van der Waals surface area contributed by atoms with Gasteiger partial charge in [-0.25, -0.2) is 4.68 Å². The average Bonchev–Trinajstić information content (AvgIpc) is 3.00. The summed E-state index contributed by atoms with van der Waals surface area (Å²) in [7, 11) is 0. The summed E-state index contributed by atoms with van der Waals surface area (Å²) in [5, 5.41) is 10.9. The van der Waals surface area contributed by atoms with E-state index in [1.807, 2.05) is 54.9 Å². The van der Waals surface area contributed by atoms with Crippen molar-refractivity contribution in [3.63, 3.8) is 0 Å². The molecule has 3 rings (SSSR count). The highest BCUT2D eigenvalue weighted by atomic mass is 16.5. The number of ether oxygens (including phenoxy) is 1. The molecule has 128 valence electrons. The number of benzene rings is 1. The maximum absolute atomic E-state index is 12.4. The molecular formula is C18H24N4O2. The average molecular weight is 328 g/mol. The zero-order valence-corrected chi connectivity index (χ0v) is 14.2. The number of carbonyl (C=O) groups is 1. The monoisotopic (exact) mass is 328 g/mol. The molecule has 6 nitrogen and oxygen atoms in total. The highest BCUT2D eigenvalue weighted by Crippen LogP contribution is 2.24. The molecule has 1 aromatic heterocycles. The topological polar surface area (TPSA) is 68.2 Å². The van der Waals surface area contributed by atoms with Crippen LogP contribution in [0.1, 0.15) is 26.3 Å². The van der Waals surface area contributed by atoms with Gasteiger partial charge in [0.05, 0.1) is 18.9 Å². The van der Waals surface area contributed by atoms with E-state index < -0.39 is 0 Å². The lowest BCUT2D eigenvalue weighted by atomic mass is 10.1. The molecule has 1 aliphatic heterocycles. The van der Waals surface area contributed by atoms with Crippen molar-refractivity contribution in [3.05, 3.63) is 36.4 Å². The van der Waals surface area contributed by atoms with Crippen LogP contribution in [0.25, 0.3) is 11.3 Å². The van der Waals surface area contributed by atoms with Crippen molar-refractivity contribution in [1.29, 1.82) is 0 Å². The molecule has 0 saturated carbocycles. The molecule has 24 heavy (non-hydrogen) atoms. The Morgan fingerprint density at radius 3 is 2.88 bits per heavy atom. The number of hydrogen-bond donors (Lipinski definition) is 2. The highest BCUT2D eigenvalue weighted by Gasteiger charge is 2.19. The van der Waals surface area contributed by atoms with E-state index in [-0.39, 0.29) is 18.0 Å². The van der Waals surface area contributed by atoms with Crippen molar-refractivity contribution < 1.29 is 9.53 Å². The van der Waals surface area contributed by atoms with Crippen molar-refractivity contribution in [2.24, 2.45) is 0 Å². The summed E-state index contributed by atoms with van der Waals surface area (Å²) in [4.78, 5) is 12.4. The number of carbonyl (C=O) groups excluding carboxylic acids is 1. The van der Waals surface area contributed by atoms with Crippen LogP contribution in [0.3, 0.4) is 0 Å². The van der Waals surface area contributed by atoms with E-state index in [1.165, 1.54) is 0 Å². The second-order valence-corrected chi connectivity index (χ2v) is 6.30. The van der Waals surface area contributed by atoms with Crippen LogP contribution in [-0.4, -0.2) is 41.5 Å². The first-order valence-electron chi connectivity index (χ1n) is 8.39. The molecule has 2 N–H and O–H groups in total. The minimum atomic E-state index is -0.0283. The van der Waals surface area contributed by atoms with Gasteiger partial charge in [-0.3, -0.25) is 4.79 Å². The van der Waals surface area contributed by atoms with Crippen molar-refractivity contribution in [3.8, 4) is 11.3 Å². The first kappa shape index (κ1) is 16.7. The molecule has 0 radical (unpaired) electrons. The molecule has 0 aliphatic carbocycles. The highest BCUT2D eigenvalue weighted by molar-refractivity contribution is 5.91. The smallest absolute Gasteiger partial charge is 0.227 e. The quantitative estimate of drug-likeness (QED) is 0.885. The van der Waals surface area contributed by atoms with Crippen LogP contribution >= 0.6 is 0 Å². The van der Waals surface area contributed by atoms with E-state index >= 15 is 0 Å². The Balaban J connectivity index is 1.74. The first-order chi connectivity index (χ1) is 11.6. The van der Waals surface area contributed by atoms with Crippen LogP contribution in [0, 0.1) is 0 Å². The van der Waals surface area contributed by atoms with Crippen molar-refractivity contribution in [2.75, 3.05) is 25.1 Å². The van der Waals surface area contributed by atoms with E-state index in [9.17, 15) is 4.79 Å². The molecule has 2 aromatic rings. The Morgan fingerprint density at radius 2 is 2.21 bits per heavy atom. The minimum Gasteiger partial charge on any atom is -0.378 e. The summed E-state index contributed by atoms with van der Waals surface area (Å²) in [5.74, 6) is 0.699. The van der Waals surface area contributed by atoms with Gasteiger partial charge in [0.25, 0.3) is 0 Å². The number of nitrogens with zero attached hydrogens (tertiary/aromatic N) is 2. The molecular weight excluding hydrogens is 304 g/mol. The Kier molecular flexibility index (Phi) is 5.27. The lowest BCUT2D eigenvalue weighted by molar-refractivity contribution is -0.117. The summed E-state index contributed by atoms with van der Waals surface area (Å²) >= 11 is 0. The van der Waals surface area contributed by atoms with Crippen molar-refractivity contribution in [1.82, 2.24) is 15.1 Å². The lowest BCUT2D eigenvalue weighted by Gasteiger charge is -2.23. The number of amides is 1. The molecule has 0 bridgehead atoms. The number of morpholine rings is 1. The third-order valence-electron chi connectivity index (χ3n) is 3.99. The number of aromatic nitrogens is 2. The molecule has 1 aromatic carbocycles. The van der Waals surface area contributed by atoms with Crippen LogP contribution < -0.4 is 10.6 Å². The normalized spacial score (nSPS) is 17.9. The second kappa shape index (κ2) is 7.59. The molecule has 2 heterocycles. The Labute approximate surface area is 142 Å². The Bertz CT molecular complexity index is 676. The van der Waals surface area contributed by atoms with Gasteiger partial charge in [0, 0.05) is 36.7 Å². The van der Waals surface area contributed by atoms with E-state index in [2.05, 4.69) is 15.7 Å². The summed E-state index contributed by atoms with van der Waals surface area (Å²) in [6.45, 7) is 6.17. The first-order valence-corrected chi connectivity index (χ1v) is 8.39. The summed E-state index contributed by atoms with van der Waals surface area (Å²) in [5.41, 5.74) is 1.90. The van der Waals surface area contributed by atoms with Gasteiger partial charge in [-0.1, -0.05) is 30.3 Å². The van der Waals surface area contributed by atoms with Gasteiger partial charge < -0.3 is 15.4 Å². The lowest BCUT2D eigenvalue weighted by Crippen LogP contribution is -2.43. The van der Waals surface area contributed by atoms with E-state index in [1.54, 1.807) is 0 Å². The van der Waals surface area contributed by atoms with Crippen molar-refractivity contribution >= 4 is 11.7 Å². The van der Waals surface area contributed by atoms with Crippen LogP contribution in [-0.2, 0) is 9.53 Å². The Morgan fingerprint density at radius 1 is 1.42 bits per heavy atom. The molecule has 0 spiro atoms. The third-order valence-corrected chi connectivity index (χ3v) is 3.99. The van der Waals surface area contributed by atoms with E-state index in [0.717, 1.165) is 23.6 Å². The zero-order chi connectivity index (χ0) is 16.9. The summed E-state index contributed by atoms with van der Waals surface area (Å²) < 4.78 is 7.25. The molecule has 1 atom stereocenters. The predicted octanol–water partition coefficient (Wildman–Crippen LogP) is 2.45. The summed E-state index contributed by atoms with van der Waals surface area (Å²) in [6, 6.07) is 12.1. The van der Waals surface area contributed by atoms with Gasteiger partial charge in [-0.15, -0.1) is 0 Å². The number of hydrogen-bond acceptors (Lipinski definition) is 4. The fraction of sp³-hybridized carbons (Fsp3) is 0.444. The molecule has 1 saturated heterocycles. The van der Waals surface area contributed by atoms with Gasteiger partial charge in [0.15, 0.2) is 0 Å². The van der Waals surface area contributed by atoms with Crippen LogP contribution in [0.4, 0.5) is 5.82 Å². The maximum Gasteiger partial charge on any atom is 0.227 e. The standard InChI is InChI=1S/C18H24N4O2/c1-13(2)22-17(11-16(21-22)14-6-4-3-5-7-14)20-18(23)10-15-12-24-9-8-19-15/h3-7,11,13,15,19H,8-10,12H2,1-2H3,(H,20,23). The zero-order valence-electron chi connectivity index (χ0n) is 14.2. The Hall–Kier alpha value is -2.18. The maximum atomic E-state index is 12.4. The second-order valence-electron chi connectivity index (χ2n) is 6.30. The molecule has 1 amide bonds. The van der Waals surface area contributed by atoms with Crippen LogP contribution in [0.2, 0.25) is 0 Å². The van der Waals surface area contributed by atoms with Gasteiger partial charge in [0.1, 0.15) is 5.82 Å². The van der Waals surface area contributed by atoms with Crippen molar-refractivity contribution in [2.45, 2.75) is 32.4 Å². The predicted molar refractivity (Wildman–Crippen MR) is 93.9 cm³/mol. The largest absolute Gasteiger partial charge is 0.378 e. The van der Waals surface area contributed by atoms with Gasteiger partial charge >= 0.3 is 0 Å². The van der Waals surface area contributed by atoms with Gasteiger partial charge in [0.2, 0.25) is 5.91 Å². The van der Waals surface area contributed by atoms with Crippen LogP contribution in [0.5, 0.6) is 0 Å². The van der Waals surface area contributed by atoms with Gasteiger partial charge in [-0.05, 0) is 13.8 Å². The molecule has 1 unspecified atom stereocenters. The number of nitrogens with one attached hydrogen (secondary N) is 2. The van der Waals surface area contributed by atoms with Gasteiger partial charge in [-0.2, -0.15) is 5.10 Å². The minimum absolute atomic E-state index is 0.0283. The molecule has 6 heteroatoms. The SMILES string of the molecule is CC(C)n1nc(-c2ccccc2)cc1NC(=O)CC1COCCN1. The molecule has 1 fully saturated rings. The summed E-state index contributed by atoms with van der Waals surface area (Å²) in [6.07, 6.45) is 0.393. The van der Waals surface area contributed by atoms with E-state index in [4.69, 9.17) is 4.74 Å². The third kappa shape index (κ3) is 4.01. The fourth-order valence-electron chi connectivity index (χ4n) is 2.80. The van der Waals surface area contributed by atoms with E-state index in [0.29, 0.717) is 19.6 Å².